The Labute approximate surface area is 69.5 Å². The van der Waals surface area contributed by atoms with Gasteiger partial charge in [0.05, 0.1) is 0 Å². The number of hydroxylamine groups is 2. The van der Waals surface area contributed by atoms with Gasteiger partial charge in [0.25, 0.3) is 5.91 Å². The smallest absolute Gasteiger partial charge is 0.269 e. The first-order valence-corrected chi connectivity index (χ1v) is 4.00. The number of rotatable bonds is 0. The van der Waals surface area contributed by atoms with Gasteiger partial charge in [0.1, 0.15) is 12.6 Å². The second kappa shape index (κ2) is 2.45. The number of amides is 2. The molecule has 2 aliphatic heterocycles. The number of carbonyl (C=O) groups excluding carboxylic acids is 2. The minimum Gasteiger partial charge on any atom is -0.329 e. The predicted molar refractivity (Wildman–Crippen MR) is 38.2 cm³/mol. The lowest BCUT2D eigenvalue weighted by molar-refractivity contribution is -0.185. The maximum atomic E-state index is 11.2. The van der Waals surface area contributed by atoms with Crippen molar-refractivity contribution >= 4 is 11.8 Å². The summed E-state index contributed by atoms with van der Waals surface area (Å²) >= 11 is 0. The van der Waals surface area contributed by atoms with Gasteiger partial charge in [0.15, 0.2) is 0 Å². The van der Waals surface area contributed by atoms with Crippen LogP contribution >= 0.6 is 0 Å². The number of carbonyl (C=O) groups is 2. The van der Waals surface area contributed by atoms with Crippen molar-refractivity contribution < 1.29 is 14.8 Å². The molecule has 0 aromatic carbocycles. The van der Waals surface area contributed by atoms with Gasteiger partial charge in [-0.05, 0) is 12.8 Å². The molecular weight excluding hydrogens is 160 g/mol. The largest absolute Gasteiger partial charge is 0.329 e. The van der Waals surface area contributed by atoms with Gasteiger partial charge < -0.3 is 4.90 Å². The summed E-state index contributed by atoms with van der Waals surface area (Å²) in [5.41, 5.74) is 0. The zero-order valence-electron chi connectivity index (χ0n) is 6.56. The molecule has 2 saturated heterocycles. The van der Waals surface area contributed by atoms with Gasteiger partial charge in [-0.3, -0.25) is 14.8 Å². The topological polar surface area (TPSA) is 60.9 Å². The van der Waals surface area contributed by atoms with E-state index in [0.29, 0.717) is 18.0 Å². The first kappa shape index (κ1) is 7.54. The van der Waals surface area contributed by atoms with E-state index in [9.17, 15) is 9.59 Å². The van der Waals surface area contributed by atoms with E-state index in [1.807, 2.05) is 0 Å². The average molecular weight is 170 g/mol. The van der Waals surface area contributed by atoms with Crippen LogP contribution in [0.1, 0.15) is 12.8 Å². The summed E-state index contributed by atoms with van der Waals surface area (Å²) < 4.78 is 0. The van der Waals surface area contributed by atoms with Crippen LogP contribution in [0.3, 0.4) is 0 Å². The summed E-state index contributed by atoms with van der Waals surface area (Å²) in [4.78, 5) is 24.0. The monoisotopic (exact) mass is 170 g/mol. The van der Waals surface area contributed by atoms with Gasteiger partial charge in [0, 0.05) is 6.54 Å². The van der Waals surface area contributed by atoms with E-state index in [2.05, 4.69) is 0 Å². The van der Waals surface area contributed by atoms with Gasteiger partial charge in [-0.25, -0.2) is 5.06 Å². The van der Waals surface area contributed by atoms with Crippen molar-refractivity contribution in [1.29, 1.82) is 0 Å². The molecule has 12 heavy (non-hydrogen) atoms. The highest BCUT2D eigenvalue weighted by Gasteiger charge is 2.41. The number of fused-ring (bicyclic) bond motifs is 1. The molecule has 2 aliphatic rings. The predicted octanol–water partition coefficient (Wildman–Crippen LogP) is -0.791. The molecule has 2 amide bonds. The molecule has 0 bridgehead atoms. The fourth-order valence-corrected chi connectivity index (χ4v) is 1.79. The Morgan fingerprint density at radius 2 is 2.17 bits per heavy atom. The van der Waals surface area contributed by atoms with Gasteiger partial charge >= 0.3 is 0 Å². The fraction of sp³-hybridized carbons (Fsp3) is 0.714. The number of piperazine rings is 1. The zero-order chi connectivity index (χ0) is 8.72. The van der Waals surface area contributed by atoms with Crippen LogP contribution in [-0.4, -0.2) is 46.1 Å². The lowest BCUT2D eigenvalue weighted by Gasteiger charge is -2.32. The minimum absolute atomic E-state index is 0.153. The molecule has 66 valence electrons. The summed E-state index contributed by atoms with van der Waals surface area (Å²) in [5.74, 6) is -0.494. The van der Waals surface area contributed by atoms with Crippen LogP contribution in [0.25, 0.3) is 0 Å². The Bertz CT molecular complexity index is 241. The second-order valence-corrected chi connectivity index (χ2v) is 3.14. The molecule has 2 rings (SSSR count). The van der Waals surface area contributed by atoms with Crippen molar-refractivity contribution in [2.45, 2.75) is 18.9 Å². The van der Waals surface area contributed by atoms with E-state index >= 15 is 0 Å². The number of hydrogen-bond donors (Lipinski definition) is 1. The van der Waals surface area contributed by atoms with Crippen LogP contribution < -0.4 is 0 Å². The minimum atomic E-state index is -0.392. The highest BCUT2D eigenvalue weighted by molar-refractivity contribution is 5.94. The van der Waals surface area contributed by atoms with Gasteiger partial charge in [-0.15, -0.1) is 0 Å². The van der Waals surface area contributed by atoms with Gasteiger partial charge in [-0.2, -0.15) is 0 Å². The van der Waals surface area contributed by atoms with Crippen molar-refractivity contribution in [3.8, 4) is 0 Å². The van der Waals surface area contributed by atoms with E-state index < -0.39 is 6.04 Å². The average Bonchev–Trinajstić information content (AvgIpc) is 2.48. The molecule has 2 heterocycles. The summed E-state index contributed by atoms with van der Waals surface area (Å²) in [6, 6.07) is -0.392. The Morgan fingerprint density at radius 3 is 2.92 bits per heavy atom. The zero-order valence-corrected chi connectivity index (χ0v) is 6.56. The molecule has 1 atom stereocenters. The molecule has 5 nitrogen and oxygen atoms in total. The third-order valence-electron chi connectivity index (χ3n) is 2.40. The molecule has 1 N–H and O–H groups in total. The summed E-state index contributed by atoms with van der Waals surface area (Å²) in [6.45, 7) is 0.471. The highest BCUT2D eigenvalue weighted by atomic mass is 16.5. The van der Waals surface area contributed by atoms with Gasteiger partial charge in [-0.1, -0.05) is 0 Å². The summed E-state index contributed by atoms with van der Waals surface area (Å²) in [6.07, 6.45) is 1.54. The standard InChI is InChI=1S/C7H10N2O3/c10-6-4-9(12)7(11)5-2-1-3-8(5)6/h5,12H,1-4H2. The van der Waals surface area contributed by atoms with E-state index in [1.54, 1.807) is 4.90 Å². The van der Waals surface area contributed by atoms with E-state index in [1.165, 1.54) is 0 Å². The molecule has 1 unspecified atom stereocenters. The highest BCUT2D eigenvalue weighted by Crippen LogP contribution is 2.22. The van der Waals surface area contributed by atoms with Crippen molar-refractivity contribution in [2.24, 2.45) is 0 Å². The van der Waals surface area contributed by atoms with E-state index in [4.69, 9.17) is 5.21 Å². The van der Waals surface area contributed by atoms with Crippen LogP contribution in [0.5, 0.6) is 0 Å². The quantitative estimate of drug-likeness (QED) is 0.484. The molecule has 0 aromatic heterocycles. The molecule has 5 heteroatoms. The van der Waals surface area contributed by atoms with Crippen molar-refractivity contribution in [1.82, 2.24) is 9.96 Å². The molecule has 0 aliphatic carbocycles. The van der Waals surface area contributed by atoms with Crippen LogP contribution in [0.15, 0.2) is 0 Å². The summed E-state index contributed by atoms with van der Waals surface area (Å²) in [5, 5.41) is 9.55. The molecule has 2 fully saturated rings. The Kier molecular flexibility index (Phi) is 1.54. The number of hydrogen-bond acceptors (Lipinski definition) is 3. The maximum Gasteiger partial charge on any atom is 0.269 e. The Balaban J connectivity index is 2.23. The Morgan fingerprint density at radius 1 is 1.42 bits per heavy atom. The third kappa shape index (κ3) is 0.896. The van der Waals surface area contributed by atoms with Crippen molar-refractivity contribution in [3.63, 3.8) is 0 Å². The van der Waals surface area contributed by atoms with Crippen LogP contribution in [-0.2, 0) is 9.59 Å². The van der Waals surface area contributed by atoms with Gasteiger partial charge in [0.2, 0.25) is 5.91 Å². The molecule has 0 saturated carbocycles. The number of nitrogens with zero attached hydrogens (tertiary/aromatic N) is 2. The fourth-order valence-electron chi connectivity index (χ4n) is 1.79. The van der Waals surface area contributed by atoms with Crippen LogP contribution in [0.2, 0.25) is 0 Å². The van der Waals surface area contributed by atoms with Crippen molar-refractivity contribution in [3.05, 3.63) is 0 Å². The van der Waals surface area contributed by atoms with Crippen molar-refractivity contribution in [2.75, 3.05) is 13.1 Å². The van der Waals surface area contributed by atoms with Crippen LogP contribution in [0.4, 0.5) is 0 Å². The Hall–Kier alpha value is -1.10. The molecule has 0 spiro atoms. The molecule has 0 aromatic rings. The first-order valence-electron chi connectivity index (χ1n) is 4.00. The lowest BCUT2D eigenvalue weighted by atomic mass is 10.1. The summed E-state index contributed by atoms with van der Waals surface area (Å²) in [7, 11) is 0. The maximum absolute atomic E-state index is 11.2. The van der Waals surface area contributed by atoms with E-state index in [-0.39, 0.29) is 18.4 Å². The molecular formula is C7H10N2O3. The molecule has 0 radical (unpaired) electrons. The van der Waals surface area contributed by atoms with Crippen LogP contribution in [0, 0.1) is 0 Å². The second-order valence-electron chi connectivity index (χ2n) is 3.14. The first-order chi connectivity index (χ1) is 5.70. The normalized spacial score (nSPS) is 29.6. The van der Waals surface area contributed by atoms with E-state index in [0.717, 1.165) is 6.42 Å². The third-order valence-corrected chi connectivity index (χ3v) is 2.40. The lowest BCUT2D eigenvalue weighted by Crippen LogP contribution is -2.56. The SMILES string of the molecule is O=C1C2CCCN2C(=O)CN1O.